The van der Waals surface area contributed by atoms with Gasteiger partial charge in [-0.25, -0.2) is 14.4 Å². The molecule has 3 N–H and O–H groups in total. The molecule has 10 heteroatoms. The van der Waals surface area contributed by atoms with Gasteiger partial charge in [0, 0.05) is 23.4 Å². The number of aliphatic carboxylic acids is 3. The minimum atomic E-state index is -1.82. The van der Waals surface area contributed by atoms with Crippen LogP contribution >= 0.6 is 22.6 Å². The molecule has 0 radical (unpaired) electrons. The maximum absolute atomic E-state index is 12.3. The van der Waals surface area contributed by atoms with Crippen molar-refractivity contribution in [2.24, 2.45) is 0 Å². The van der Waals surface area contributed by atoms with Crippen LogP contribution in [-0.2, 0) is 19.1 Å². The Bertz CT molecular complexity index is 731. The van der Waals surface area contributed by atoms with Crippen molar-refractivity contribution in [3.63, 3.8) is 0 Å². The first kappa shape index (κ1) is 23.4. The Hall–Kier alpha value is -1.92. The predicted octanol–water partition coefficient (Wildman–Crippen LogP) is 1.90. The van der Waals surface area contributed by atoms with Crippen molar-refractivity contribution < 1.29 is 34.4 Å². The molecule has 0 aromatic rings. The fourth-order valence-corrected chi connectivity index (χ4v) is 5.05. The summed E-state index contributed by atoms with van der Waals surface area (Å²) in [5, 5.41) is 24.9. The van der Waals surface area contributed by atoms with Crippen molar-refractivity contribution in [3.8, 4) is 0 Å². The fourth-order valence-electron chi connectivity index (χ4n) is 3.84. The Morgan fingerprint density at radius 1 is 1.14 bits per heavy atom. The van der Waals surface area contributed by atoms with E-state index in [9.17, 15) is 9.90 Å². The zero-order valence-corrected chi connectivity index (χ0v) is 18.2. The smallest absolute Gasteiger partial charge is 0.414 e. The third-order valence-electron chi connectivity index (χ3n) is 5.25. The molecule has 2 unspecified atom stereocenters. The lowest BCUT2D eigenvalue weighted by molar-refractivity contribution is -0.159. The zero-order chi connectivity index (χ0) is 21.6. The largest absolute Gasteiger partial charge is 0.479 e. The van der Waals surface area contributed by atoms with Gasteiger partial charge in [-0.1, -0.05) is 12.5 Å². The number of allylic oxidation sites excluding steroid dienone is 3. The molecule has 3 rings (SSSR count). The number of ether oxygens (including phenoxy) is 1. The highest BCUT2D eigenvalue weighted by Crippen LogP contribution is 2.46. The van der Waals surface area contributed by atoms with E-state index in [0.29, 0.717) is 6.42 Å². The number of fused-ring (bicyclic) bond motifs is 1. The summed E-state index contributed by atoms with van der Waals surface area (Å²) < 4.78 is 6.62. The topological polar surface area (TPSA) is 128 Å². The molecule has 0 spiro atoms. The van der Waals surface area contributed by atoms with Gasteiger partial charge in [0.25, 0.3) is 0 Å². The summed E-state index contributed by atoms with van der Waals surface area (Å²) in [7, 11) is 1.61. The summed E-state index contributed by atoms with van der Waals surface area (Å²) in [5.41, 5.74) is -0.111. The lowest BCUT2D eigenvalue weighted by atomic mass is 9.88. The van der Waals surface area contributed by atoms with Gasteiger partial charge < -0.3 is 29.9 Å². The molecule has 9 nitrogen and oxygen atoms in total. The second kappa shape index (κ2) is 10.2. The van der Waals surface area contributed by atoms with Gasteiger partial charge in [-0.15, -0.1) is 0 Å². The molecule has 0 aromatic heterocycles. The van der Waals surface area contributed by atoms with Gasteiger partial charge in [-0.2, -0.15) is 0 Å². The monoisotopic (exact) mass is 520 g/mol. The Labute approximate surface area is 182 Å². The number of hydrogen-bond donors (Lipinski definition) is 3. The van der Waals surface area contributed by atoms with Crippen LogP contribution in [-0.4, -0.2) is 81.4 Å². The maximum Gasteiger partial charge on any atom is 0.414 e. The van der Waals surface area contributed by atoms with Crippen LogP contribution < -0.4 is 0 Å². The Morgan fingerprint density at radius 2 is 1.76 bits per heavy atom. The lowest BCUT2D eigenvalue weighted by Gasteiger charge is -2.40. The van der Waals surface area contributed by atoms with Crippen LogP contribution in [0.25, 0.3) is 0 Å². The van der Waals surface area contributed by atoms with Crippen LogP contribution in [0.4, 0.5) is 0 Å². The summed E-state index contributed by atoms with van der Waals surface area (Å²) in [6.45, 7) is 2.93. The molecule has 1 saturated heterocycles. The van der Waals surface area contributed by atoms with E-state index in [4.69, 9.17) is 24.5 Å². The van der Waals surface area contributed by atoms with Gasteiger partial charge in [0.1, 0.15) is 6.10 Å². The molecule has 3 aliphatic rings. The SMILES string of the molecule is COC1C(I)=C2C=CC=CN2C1(CCN1CCCCC1)C(=O)O.O=C(O)C(=O)O. The van der Waals surface area contributed by atoms with E-state index in [2.05, 4.69) is 27.5 Å². The molecule has 3 aliphatic heterocycles. The quantitative estimate of drug-likeness (QED) is 0.368. The summed E-state index contributed by atoms with van der Waals surface area (Å²) in [6, 6.07) is 0. The number of methoxy groups -OCH3 is 1. The Kier molecular flexibility index (Phi) is 8.23. The van der Waals surface area contributed by atoms with Gasteiger partial charge in [-0.05, 0) is 67.1 Å². The Balaban J connectivity index is 0.000000438. The van der Waals surface area contributed by atoms with Crippen molar-refractivity contribution >= 4 is 40.5 Å². The molecule has 1 fully saturated rings. The number of carboxylic acid groups (broad SMARTS) is 3. The number of hydrogen-bond acceptors (Lipinski definition) is 6. The first-order valence-corrected chi connectivity index (χ1v) is 10.3. The second-order valence-corrected chi connectivity index (χ2v) is 8.07. The molecular weight excluding hydrogens is 495 g/mol. The lowest BCUT2D eigenvalue weighted by Crippen LogP contribution is -2.58. The summed E-state index contributed by atoms with van der Waals surface area (Å²) in [5.74, 6) is -4.46. The highest BCUT2D eigenvalue weighted by atomic mass is 127. The van der Waals surface area contributed by atoms with E-state index in [0.717, 1.165) is 28.9 Å². The number of carboxylic acids is 3. The second-order valence-electron chi connectivity index (χ2n) is 6.91. The van der Waals surface area contributed by atoms with Crippen LogP contribution in [0.3, 0.4) is 0 Å². The standard InChI is InChI=1S/C17H23IN2O3.C2H2O4/c1-23-15-14(18)13-7-3-6-11-20(13)17(15,16(21)22)8-12-19-9-4-2-5-10-19;3-1(4)2(5)6/h3,6-7,11,15H,2,4-5,8-10,12H2,1H3,(H,21,22);(H,3,4)(H,5,6). The van der Waals surface area contributed by atoms with Crippen LogP contribution in [0, 0.1) is 0 Å². The van der Waals surface area contributed by atoms with Gasteiger partial charge in [0.15, 0.2) is 5.54 Å². The van der Waals surface area contributed by atoms with Crippen LogP contribution in [0.2, 0.25) is 0 Å². The number of rotatable bonds is 5. The molecule has 2 atom stereocenters. The first-order valence-electron chi connectivity index (χ1n) is 9.24. The third kappa shape index (κ3) is 4.98. The third-order valence-corrected chi connectivity index (χ3v) is 6.36. The number of nitrogens with zero attached hydrogens (tertiary/aromatic N) is 2. The molecule has 0 saturated carbocycles. The fraction of sp³-hybridized carbons (Fsp3) is 0.526. The normalized spacial score (nSPS) is 26.0. The van der Waals surface area contributed by atoms with Crippen molar-refractivity contribution in [1.29, 1.82) is 0 Å². The molecular formula is C19H25IN2O7. The molecule has 0 aliphatic carbocycles. The van der Waals surface area contributed by atoms with E-state index in [1.807, 2.05) is 29.3 Å². The molecule has 0 aromatic carbocycles. The molecule has 160 valence electrons. The number of carbonyl (C=O) groups is 3. The summed E-state index contributed by atoms with van der Waals surface area (Å²) in [6.07, 6.45) is 11.5. The van der Waals surface area contributed by atoms with E-state index < -0.39 is 29.6 Å². The highest BCUT2D eigenvalue weighted by Gasteiger charge is 2.57. The van der Waals surface area contributed by atoms with Gasteiger partial charge >= 0.3 is 17.9 Å². The van der Waals surface area contributed by atoms with Gasteiger partial charge in [0.05, 0.1) is 5.70 Å². The van der Waals surface area contributed by atoms with E-state index >= 15 is 0 Å². The van der Waals surface area contributed by atoms with Crippen molar-refractivity contribution in [1.82, 2.24) is 9.80 Å². The average molecular weight is 520 g/mol. The first-order chi connectivity index (χ1) is 13.8. The van der Waals surface area contributed by atoms with Gasteiger partial charge in [-0.3, -0.25) is 0 Å². The number of halogens is 1. The maximum atomic E-state index is 12.3. The number of piperidine rings is 1. The van der Waals surface area contributed by atoms with Crippen LogP contribution in [0.1, 0.15) is 25.7 Å². The van der Waals surface area contributed by atoms with Crippen LogP contribution in [0.5, 0.6) is 0 Å². The highest BCUT2D eigenvalue weighted by molar-refractivity contribution is 14.1. The van der Waals surface area contributed by atoms with Crippen molar-refractivity contribution in [2.45, 2.75) is 37.3 Å². The molecule has 29 heavy (non-hydrogen) atoms. The molecule has 0 amide bonds. The molecule has 0 bridgehead atoms. The van der Waals surface area contributed by atoms with Crippen LogP contribution in [0.15, 0.2) is 33.7 Å². The minimum absolute atomic E-state index is 0.437. The van der Waals surface area contributed by atoms with Crippen molar-refractivity contribution in [2.75, 3.05) is 26.7 Å². The van der Waals surface area contributed by atoms with Crippen molar-refractivity contribution in [3.05, 3.63) is 33.7 Å². The average Bonchev–Trinajstić information content (AvgIpc) is 2.96. The van der Waals surface area contributed by atoms with Gasteiger partial charge in [0.2, 0.25) is 0 Å². The van der Waals surface area contributed by atoms with E-state index in [-0.39, 0.29) is 0 Å². The molecule has 3 heterocycles. The Morgan fingerprint density at radius 3 is 2.28 bits per heavy atom. The van der Waals surface area contributed by atoms with E-state index in [1.54, 1.807) is 7.11 Å². The summed E-state index contributed by atoms with van der Waals surface area (Å²) >= 11 is 2.23. The minimum Gasteiger partial charge on any atom is -0.479 e. The van der Waals surface area contributed by atoms with E-state index in [1.165, 1.54) is 19.3 Å². The number of likely N-dealkylation sites (tertiary alicyclic amines) is 1. The predicted molar refractivity (Wildman–Crippen MR) is 113 cm³/mol. The summed E-state index contributed by atoms with van der Waals surface area (Å²) in [4.78, 5) is 34.8. The zero-order valence-electron chi connectivity index (χ0n) is 16.1.